The minimum Gasteiger partial charge on any atom is -0.127 e. The molecule has 0 aliphatic heterocycles. The molecule has 0 aliphatic rings. The monoisotopic (exact) mass is 317 g/mol. The largest absolute Gasteiger partial charge is 0.127 e. The van der Waals surface area contributed by atoms with Gasteiger partial charge in [0.15, 0.2) is 0 Å². The molecule has 0 aromatic carbocycles. The molecule has 0 saturated carbocycles. The minimum absolute atomic E-state index is 0.0416. The van der Waals surface area contributed by atoms with Crippen LogP contribution in [0.1, 0.15) is 89.9 Å². The Kier molecular flexibility index (Phi) is 18.0. The lowest BCUT2D eigenvalue weighted by atomic mass is 10.0. The minimum atomic E-state index is 0.0416. The number of alkyl halides is 1. The lowest BCUT2D eigenvalue weighted by molar-refractivity contribution is 0.538. The lowest BCUT2D eigenvalue weighted by Crippen LogP contribution is -1.97. The van der Waals surface area contributed by atoms with Crippen molar-refractivity contribution in [2.24, 2.45) is 0 Å². The molecule has 0 bridgehead atoms. The van der Waals surface area contributed by atoms with Gasteiger partial charge in [0.1, 0.15) is 0 Å². The smallest absolute Gasteiger partial charge is 0.0412 e. The number of halogens is 1. The summed E-state index contributed by atoms with van der Waals surface area (Å²) in [5, 5.41) is 0. The van der Waals surface area contributed by atoms with Crippen molar-refractivity contribution in [2.75, 3.05) is 5.88 Å². The fraction of sp³-hybridized carbons (Fsp3) is 1.00. The van der Waals surface area contributed by atoms with E-state index in [-0.39, 0.29) is 8.80 Å². The van der Waals surface area contributed by atoms with Crippen LogP contribution in [-0.2, 0) is 0 Å². The van der Waals surface area contributed by atoms with Gasteiger partial charge in [-0.3, -0.25) is 0 Å². The molecule has 0 rings (SSSR count). The third-order valence-corrected chi connectivity index (χ3v) is 5.68. The first-order valence-corrected chi connectivity index (χ1v) is 12.4. The van der Waals surface area contributed by atoms with Crippen molar-refractivity contribution in [2.45, 2.75) is 109 Å². The SMILES string of the molecule is C[Si](C)CCCCCCCCCCCCCCCCCl. The van der Waals surface area contributed by atoms with Crippen LogP contribution in [0.2, 0.25) is 19.1 Å². The van der Waals surface area contributed by atoms with Crippen LogP contribution in [0.25, 0.3) is 0 Å². The molecule has 2 heteroatoms. The molecule has 0 aliphatic carbocycles. The quantitative estimate of drug-likeness (QED) is 0.158. The molecule has 0 heterocycles. The Labute approximate surface area is 135 Å². The molecule has 0 spiro atoms. The molecule has 0 atom stereocenters. The summed E-state index contributed by atoms with van der Waals surface area (Å²) in [5.74, 6) is 0.846. The molecule has 121 valence electrons. The van der Waals surface area contributed by atoms with Crippen LogP contribution in [0.3, 0.4) is 0 Å². The van der Waals surface area contributed by atoms with Gasteiger partial charge >= 0.3 is 0 Å². The zero-order valence-electron chi connectivity index (χ0n) is 14.2. The molecule has 0 unspecified atom stereocenters. The van der Waals surface area contributed by atoms with Gasteiger partial charge < -0.3 is 0 Å². The average Bonchev–Trinajstić information content (AvgIpc) is 2.43. The summed E-state index contributed by atoms with van der Waals surface area (Å²) in [7, 11) is 0.0416. The number of rotatable bonds is 16. The van der Waals surface area contributed by atoms with Gasteiger partial charge in [-0.05, 0) is 6.42 Å². The van der Waals surface area contributed by atoms with Gasteiger partial charge in [0.2, 0.25) is 0 Å². The first-order valence-electron chi connectivity index (χ1n) is 9.12. The Morgan fingerprint density at radius 2 is 0.800 bits per heavy atom. The summed E-state index contributed by atoms with van der Waals surface area (Å²) in [6, 6.07) is 1.52. The molecular weight excluding hydrogens is 280 g/mol. The van der Waals surface area contributed by atoms with Crippen molar-refractivity contribution in [1.29, 1.82) is 0 Å². The van der Waals surface area contributed by atoms with E-state index in [1.165, 1.54) is 95.9 Å². The summed E-state index contributed by atoms with van der Waals surface area (Å²) in [6.07, 6.45) is 20.1. The van der Waals surface area contributed by atoms with Crippen molar-refractivity contribution in [3.63, 3.8) is 0 Å². The Hall–Kier alpha value is 0.507. The zero-order chi connectivity index (χ0) is 14.9. The van der Waals surface area contributed by atoms with Gasteiger partial charge in [-0.1, -0.05) is 103 Å². The molecule has 20 heavy (non-hydrogen) atoms. The predicted octanol–water partition coefficient (Wildman–Crippen LogP) is 7.44. The van der Waals surface area contributed by atoms with Gasteiger partial charge in [-0.25, -0.2) is 0 Å². The average molecular weight is 318 g/mol. The van der Waals surface area contributed by atoms with Crippen molar-refractivity contribution in [3.05, 3.63) is 0 Å². The number of unbranched alkanes of at least 4 members (excludes halogenated alkanes) is 13. The summed E-state index contributed by atoms with van der Waals surface area (Å²) >= 11 is 5.67. The molecule has 0 nitrogen and oxygen atoms in total. The zero-order valence-corrected chi connectivity index (χ0v) is 15.9. The normalized spacial score (nSPS) is 11.4. The van der Waals surface area contributed by atoms with E-state index >= 15 is 0 Å². The molecule has 0 aromatic heterocycles. The van der Waals surface area contributed by atoms with E-state index in [0.29, 0.717) is 0 Å². The van der Waals surface area contributed by atoms with E-state index in [0.717, 1.165) is 5.88 Å². The van der Waals surface area contributed by atoms with Gasteiger partial charge in [0.05, 0.1) is 0 Å². The van der Waals surface area contributed by atoms with Crippen molar-refractivity contribution in [1.82, 2.24) is 0 Å². The van der Waals surface area contributed by atoms with Crippen molar-refractivity contribution >= 4 is 20.4 Å². The second-order valence-corrected chi connectivity index (χ2v) is 9.89. The fourth-order valence-electron chi connectivity index (χ4n) is 2.69. The topological polar surface area (TPSA) is 0 Å². The second kappa shape index (κ2) is 17.6. The number of hydrogen-bond acceptors (Lipinski definition) is 0. The van der Waals surface area contributed by atoms with E-state index in [4.69, 9.17) is 11.6 Å². The molecule has 0 saturated heterocycles. The molecule has 0 N–H and O–H groups in total. The summed E-state index contributed by atoms with van der Waals surface area (Å²) in [5.41, 5.74) is 0. The maximum absolute atomic E-state index is 5.67. The van der Waals surface area contributed by atoms with Crippen LogP contribution in [0, 0.1) is 0 Å². The highest BCUT2D eigenvalue weighted by molar-refractivity contribution is 6.55. The molecule has 0 fully saturated rings. The van der Waals surface area contributed by atoms with E-state index < -0.39 is 0 Å². The van der Waals surface area contributed by atoms with Crippen molar-refractivity contribution in [3.8, 4) is 0 Å². The second-order valence-electron chi connectivity index (χ2n) is 6.60. The van der Waals surface area contributed by atoms with Crippen molar-refractivity contribution < 1.29 is 0 Å². The first-order chi connectivity index (χ1) is 9.77. The molecule has 1 radical (unpaired) electrons. The molecule has 0 aromatic rings. The molecular formula is C18H38ClSi. The van der Waals surface area contributed by atoms with E-state index in [2.05, 4.69) is 13.1 Å². The lowest BCUT2D eigenvalue weighted by Gasteiger charge is -2.04. The summed E-state index contributed by atoms with van der Waals surface area (Å²) < 4.78 is 0. The van der Waals surface area contributed by atoms with Crippen LogP contribution >= 0.6 is 11.6 Å². The number of hydrogen-bond donors (Lipinski definition) is 0. The van der Waals surface area contributed by atoms with E-state index in [9.17, 15) is 0 Å². The van der Waals surface area contributed by atoms with Crippen LogP contribution in [-0.4, -0.2) is 14.7 Å². The van der Waals surface area contributed by atoms with Crippen LogP contribution in [0.15, 0.2) is 0 Å². The Balaban J connectivity index is 2.92. The van der Waals surface area contributed by atoms with Crippen LogP contribution < -0.4 is 0 Å². The predicted molar refractivity (Wildman–Crippen MR) is 97.6 cm³/mol. The summed E-state index contributed by atoms with van der Waals surface area (Å²) in [4.78, 5) is 0. The third-order valence-electron chi connectivity index (χ3n) is 4.06. The fourth-order valence-corrected chi connectivity index (χ4v) is 3.84. The highest BCUT2D eigenvalue weighted by Gasteiger charge is 1.96. The van der Waals surface area contributed by atoms with Crippen LogP contribution in [0.4, 0.5) is 0 Å². The highest BCUT2D eigenvalue weighted by atomic mass is 35.5. The van der Waals surface area contributed by atoms with Gasteiger partial charge in [-0.2, -0.15) is 0 Å². The Bertz CT molecular complexity index is 171. The Morgan fingerprint density at radius 1 is 0.500 bits per heavy atom. The van der Waals surface area contributed by atoms with E-state index in [1.807, 2.05) is 0 Å². The standard InChI is InChI=1S/C18H38ClSi/c1-20(2)18-16-14-12-10-8-6-4-3-5-7-9-11-13-15-17-19/h3-18H2,1-2H3. The maximum atomic E-state index is 5.67. The Morgan fingerprint density at radius 3 is 1.10 bits per heavy atom. The summed E-state index contributed by atoms with van der Waals surface area (Å²) in [6.45, 7) is 4.87. The van der Waals surface area contributed by atoms with Crippen LogP contribution in [0.5, 0.6) is 0 Å². The van der Waals surface area contributed by atoms with Gasteiger partial charge in [-0.15, -0.1) is 11.6 Å². The first kappa shape index (κ1) is 20.5. The third kappa shape index (κ3) is 18.5. The maximum Gasteiger partial charge on any atom is 0.0412 e. The van der Waals surface area contributed by atoms with Gasteiger partial charge in [0.25, 0.3) is 0 Å². The van der Waals surface area contributed by atoms with E-state index in [1.54, 1.807) is 0 Å². The molecule has 0 amide bonds. The highest BCUT2D eigenvalue weighted by Crippen LogP contribution is 2.13. The van der Waals surface area contributed by atoms with Gasteiger partial charge in [0, 0.05) is 14.7 Å².